The molecule has 54 heavy (non-hydrogen) atoms. The van der Waals surface area contributed by atoms with Crippen LogP contribution in [0.25, 0.3) is 11.1 Å². The number of hydrogen-bond donors (Lipinski definition) is 2. The van der Waals surface area contributed by atoms with Crippen LogP contribution in [0.1, 0.15) is 71.9 Å². The van der Waals surface area contributed by atoms with Crippen molar-refractivity contribution in [3.8, 4) is 34.4 Å². The maximum absolute atomic E-state index is 9.78. The number of halogens is 1. The van der Waals surface area contributed by atoms with E-state index in [1.165, 1.54) is 19.3 Å². The van der Waals surface area contributed by atoms with Gasteiger partial charge in [0.15, 0.2) is 0 Å². The molecule has 2 N–H and O–H groups in total. The summed E-state index contributed by atoms with van der Waals surface area (Å²) in [6.45, 7) is 11.0. The lowest BCUT2D eigenvalue weighted by molar-refractivity contribution is -0.122. The fourth-order valence-electron chi connectivity index (χ4n) is 7.05. The van der Waals surface area contributed by atoms with Crippen LogP contribution in [0.5, 0.6) is 17.2 Å². The number of rotatable bonds is 14. The molecular weight excluding hydrogens is 704 g/mol. The number of carboxylic acid groups (broad SMARTS) is 1. The minimum absolute atomic E-state index is 0.146. The summed E-state index contributed by atoms with van der Waals surface area (Å²) in [6, 6.07) is 20.4. The van der Waals surface area contributed by atoms with Crippen LogP contribution >= 0.6 is 11.6 Å². The van der Waals surface area contributed by atoms with Crippen molar-refractivity contribution >= 4 is 18.1 Å². The number of aromatic nitrogens is 1. The highest BCUT2D eigenvalue weighted by Crippen LogP contribution is 2.37. The van der Waals surface area contributed by atoms with E-state index in [0.29, 0.717) is 29.5 Å². The molecule has 10 nitrogen and oxygen atoms in total. The second kappa shape index (κ2) is 20.7. The molecule has 6 rings (SSSR count). The molecule has 1 aromatic heterocycles. The zero-order valence-corrected chi connectivity index (χ0v) is 32.1. The van der Waals surface area contributed by atoms with Gasteiger partial charge in [-0.15, -0.1) is 0 Å². The fourth-order valence-corrected chi connectivity index (χ4v) is 7.30. The van der Waals surface area contributed by atoms with Gasteiger partial charge in [0.2, 0.25) is 0 Å². The smallest absolute Gasteiger partial charge is 0.290 e. The third-order valence-electron chi connectivity index (χ3n) is 10.1. The molecule has 3 aromatic carbocycles. The Bertz CT molecular complexity index is 1870. The van der Waals surface area contributed by atoms with Crippen molar-refractivity contribution in [3.63, 3.8) is 0 Å². The van der Waals surface area contributed by atoms with E-state index >= 15 is 0 Å². The van der Waals surface area contributed by atoms with E-state index in [2.05, 4.69) is 65.0 Å². The molecule has 286 valence electrons. The standard InChI is InChI=1S/C42H49ClN4O4.CH2O2/c1-30-34(9-6-10-37(30)38-11-7-12-40(31(38)2)49-20-8-17-46-18-13-36(48)14-19-46)29-51-42-23-41(50-28-33-21-32(24-44)25-45-26-33)35(22-39(42)43)27-47-15-4-3-5-16-47;2-1-3/h6-7,9-12,21-23,25-26,36,48H,3-5,8,13-20,27-29H2,1-2H3;1H,(H,2,3). The van der Waals surface area contributed by atoms with E-state index in [9.17, 15) is 10.4 Å². The Labute approximate surface area is 323 Å². The molecule has 0 saturated carbocycles. The van der Waals surface area contributed by atoms with Gasteiger partial charge in [-0.1, -0.05) is 48.4 Å². The van der Waals surface area contributed by atoms with E-state index < -0.39 is 0 Å². The van der Waals surface area contributed by atoms with Crippen LogP contribution in [0.15, 0.2) is 67.0 Å². The molecule has 0 spiro atoms. The van der Waals surface area contributed by atoms with E-state index in [4.69, 9.17) is 35.7 Å². The van der Waals surface area contributed by atoms with Crippen LogP contribution in [0.2, 0.25) is 5.02 Å². The third kappa shape index (κ3) is 11.4. The minimum atomic E-state index is -0.250. The molecule has 0 bridgehead atoms. The third-order valence-corrected chi connectivity index (χ3v) is 10.4. The summed E-state index contributed by atoms with van der Waals surface area (Å²) in [7, 11) is 0. The van der Waals surface area contributed by atoms with Crippen LogP contribution in [-0.2, 0) is 24.6 Å². The Kier molecular flexibility index (Phi) is 15.5. The van der Waals surface area contributed by atoms with Gasteiger partial charge < -0.3 is 29.3 Å². The molecule has 11 heteroatoms. The topological polar surface area (TPSA) is 128 Å². The second-order valence-corrected chi connectivity index (χ2v) is 14.3. The summed E-state index contributed by atoms with van der Waals surface area (Å²) in [5.41, 5.74) is 7.96. The van der Waals surface area contributed by atoms with Crippen LogP contribution in [0, 0.1) is 25.2 Å². The Balaban J connectivity index is 0.00000181. The SMILES string of the molecule is Cc1c(COc2cc(OCc3cncc(C#N)c3)c(CN3CCCCC3)cc2Cl)cccc1-c1cccc(OCCCN2CCC(O)CC2)c1C.O=CO. The van der Waals surface area contributed by atoms with E-state index in [0.717, 1.165) is 109 Å². The average Bonchev–Trinajstić information content (AvgIpc) is 3.18. The van der Waals surface area contributed by atoms with Gasteiger partial charge in [-0.05, 0) is 105 Å². The lowest BCUT2D eigenvalue weighted by atomic mass is 9.93. The number of aliphatic hydroxyl groups excluding tert-OH is 1. The van der Waals surface area contributed by atoms with Gasteiger partial charge in [-0.3, -0.25) is 14.7 Å². The molecular formula is C43H51ClN4O6. The number of likely N-dealkylation sites (tertiary alicyclic amines) is 2. The second-order valence-electron chi connectivity index (χ2n) is 13.9. The van der Waals surface area contributed by atoms with Crippen LogP contribution in [0.4, 0.5) is 0 Å². The molecule has 0 aliphatic carbocycles. The number of nitriles is 1. The zero-order valence-electron chi connectivity index (χ0n) is 31.3. The zero-order chi connectivity index (χ0) is 38.3. The molecule has 3 heterocycles. The first-order chi connectivity index (χ1) is 26.3. The molecule has 0 atom stereocenters. The Hall–Kier alpha value is -4.66. The summed E-state index contributed by atoms with van der Waals surface area (Å²) in [5.74, 6) is 2.19. The number of aliphatic hydroxyl groups is 1. The Morgan fingerprint density at radius 3 is 2.30 bits per heavy atom. The summed E-state index contributed by atoms with van der Waals surface area (Å²) >= 11 is 6.88. The van der Waals surface area contributed by atoms with Gasteiger partial charge in [-0.25, -0.2) is 0 Å². The van der Waals surface area contributed by atoms with E-state index in [1.807, 2.05) is 18.2 Å². The van der Waals surface area contributed by atoms with Crippen molar-refractivity contribution in [2.24, 2.45) is 0 Å². The maximum atomic E-state index is 9.78. The largest absolute Gasteiger partial charge is 0.493 e. The van der Waals surface area contributed by atoms with Gasteiger partial charge in [0, 0.05) is 55.8 Å². The van der Waals surface area contributed by atoms with Gasteiger partial charge in [0.05, 0.1) is 23.3 Å². The molecule has 4 aromatic rings. The highest BCUT2D eigenvalue weighted by atomic mass is 35.5. The molecule has 0 radical (unpaired) electrons. The average molecular weight is 755 g/mol. The Morgan fingerprint density at radius 1 is 0.852 bits per heavy atom. The molecule has 2 fully saturated rings. The summed E-state index contributed by atoms with van der Waals surface area (Å²) in [6.07, 6.45) is 9.45. The normalized spacial score (nSPS) is 15.1. The number of piperidine rings is 2. The van der Waals surface area contributed by atoms with Crippen LogP contribution < -0.4 is 14.2 Å². The quantitative estimate of drug-likeness (QED) is 0.0967. The van der Waals surface area contributed by atoms with Gasteiger partial charge in [0.1, 0.15) is 36.5 Å². The van der Waals surface area contributed by atoms with Crippen molar-refractivity contribution < 1.29 is 29.2 Å². The van der Waals surface area contributed by atoms with Crippen molar-refractivity contribution in [1.82, 2.24) is 14.8 Å². The van der Waals surface area contributed by atoms with Crippen LogP contribution in [0.3, 0.4) is 0 Å². The highest BCUT2D eigenvalue weighted by Gasteiger charge is 2.19. The van der Waals surface area contributed by atoms with Gasteiger partial charge in [0.25, 0.3) is 6.47 Å². The monoisotopic (exact) mass is 754 g/mol. The summed E-state index contributed by atoms with van der Waals surface area (Å²) in [4.78, 5) is 17.4. The number of pyridine rings is 1. The minimum Gasteiger partial charge on any atom is -0.493 e. The molecule has 2 aliphatic heterocycles. The summed E-state index contributed by atoms with van der Waals surface area (Å²) in [5, 5.41) is 26.5. The number of nitrogens with zero attached hydrogens (tertiary/aromatic N) is 4. The van der Waals surface area contributed by atoms with Crippen molar-refractivity contribution in [1.29, 1.82) is 5.26 Å². The predicted octanol–water partition coefficient (Wildman–Crippen LogP) is 7.96. The highest BCUT2D eigenvalue weighted by molar-refractivity contribution is 6.32. The number of hydrogen-bond acceptors (Lipinski definition) is 9. The van der Waals surface area contributed by atoms with Gasteiger partial charge >= 0.3 is 0 Å². The van der Waals surface area contributed by atoms with Crippen molar-refractivity contribution in [2.45, 2.75) is 78.2 Å². The lowest BCUT2D eigenvalue weighted by Gasteiger charge is -2.29. The van der Waals surface area contributed by atoms with E-state index in [-0.39, 0.29) is 19.2 Å². The maximum Gasteiger partial charge on any atom is 0.290 e. The predicted molar refractivity (Wildman–Crippen MR) is 210 cm³/mol. The lowest BCUT2D eigenvalue weighted by Crippen LogP contribution is -2.36. The van der Waals surface area contributed by atoms with Crippen LogP contribution in [-0.4, -0.2) is 76.9 Å². The van der Waals surface area contributed by atoms with Crippen molar-refractivity contribution in [3.05, 3.63) is 105 Å². The first-order valence-electron chi connectivity index (χ1n) is 18.7. The van der Waals surface area contributed by atoms with Crippen molar-refractivity contribution in [2.75, 3.05) is 39.3 Å². The van der Waals surface area contributed by atoms with Gasteiger partial charge in [-0.2, -0.15) is 5.26 Å². The number of ether oxygens (including phenoxy) is 3. The fraction of sp³-hybridized carbons (Fsp3) is 0.419. The molecule has 2 saturated heterocycles. The van der Waals surface area contributed by atoms with E-state index in [1.54, 1.807) is 18.5 Å². The Morgan fingerprint density at radius 2 is 1.56 bits per heavy atom. The first kappa shape index (κ1) is 40.5. The molecule has 0 unspecified atom stereocenters. The first-order valence-corrected chi connectivity index (χ1v) is 19.1. The molecule has 0 amide bonds. The number of carbonyl (C=O) groups is 1. The summed E-state index contributed by atoms with van der Waals surface area (Å²) < 4.78 is 19.1. The molecule has 2 aliphatic rings. The number of benzene rings is 3.